The van der Waals surface area contributed by atoms with Crippen molar-refractivity contribution in [3.63, 3.8) is 0 Å². The molecule has 0 aliphatic heterocycles. The fourth-order valence-corrected chi connectivity index (χ4v) is 3.63. The molecule has 0 spiro atoms. The SMILES string of the molecule is Cc1cc(S(=O)C(C)C(=O)NC2CCCC2)ccc1N. The van der Waals surface area contributed by atoms with Crippen LogP contribution in [0.2, 0.25) is 0 Å². The minimum atomic E-state index is -1.34. The Morgan fingerprint density at radius 1 is 1.40 bits per heavy atom. The highest BCUT2D eigenvalue weighted by molar-refractivity contribution is 7.86. The van der Waals surface area contributed by atoms with E-state index in [9.17, 15) is 9.00 Å². The maximum Gasteiger partial charge on any atom is 0.236 e. The number of nitrogen functional groups attached to an aromatic ring is 1. The predicted molar refractivity (Wildman–Crippen MR) is 81.9 cm³/mol. The quantitative estimate of drug-likeness (QED) is 0.836. The minimum Gasteiger partial charge on any atom is -0.399 e. The van der Waals surface area contributed by atoms with Crippen LogP contribution in [0.1, 0.15) is 38.2 Å². The number of rotatable bonds is 4. The molecule has 1 aromatic carbocycles. The first-order valence-corrected chi connectivity index (χ1v) is 8.27. The molecule has 1 aliphatic rings. The topological polar surface area (TPSA) is 72.2 Å². The van der Waals surface area contributed by atoms with Crippen molar-refractivity contribution in [2.75, 3.05) is 5.73 Å². The molecule has 0 radical (unpaired) electrons. The molecule has 1 aromatic rings. The van der Waals surface area contributed by atoms with Gasteiger partial charge >= 0.3 is 0 Å². The van der Waals surface area contributed by atoms with Gasteiger partial charge in [0.25, 0.3) is 0 Å². The monoisotopic (exact) mass is 294 g/mol. The number of carbonyl (C=O) groups is 1. The zero-order valence-electron chi connectivity index (χ0n) is 12.0. The molecular weight excluding hydrogens is 272 g/mol. The molecule has 2 unspecified atom stereocenters. The summed E-state index contributed by atoms with van der Waals surface area (Å²) in [5.41, 5.74) is 7.32. The lowest BCUT2D eigenvalue weighted by Gasteiger charge is -2.16. The summed E-state index contributed by atoms with van der Waals surface area (Å²) in [5, 5.41) is 2.46. The van der Waals surface area contributed by atoms with E-state index in [1.54, 1.807) is 25.1 Å². The molecule has 1 fully saturated rings. The first-order chi connectivity index (χ1) is 9.49. The van der Waals surface area contributed by atoms with Crippen LogP contribution in [-0.2, 0) is 15.6 Å². The molecule has 0 heterocycles. The summed E-state index contributed by atoms with van der Waals surface area (Å²) < 4.78 is 12.4. The number of carbonyl (C=O) groups excluding carboxylic acids is 1. The summed E-state index contributed by atoms with van der Waals surface area (Å²) in [6, 6.07) is 5.53. The van der Waals surface area contributed by atoms with Crippen molar-refractivity contribution in [1.82, 2.24) is 5.32 Å². The Bertz CT molecular complexity index is 525. The van der Waals surface area contributed by atoms with Crippen LogP contribution in [0.4, 0.5) is 5.69 Å². The summed E-state index contributed by atoms with van der Waals surface area (Å²) in [5.74, 6) is -0.121. The van der Waals surface area contributed by atoms with Gasteiger partial charge in [-0.2, -0.15) is 0 Å². The second kappa shape index (κ2) is 6.39. The summed E-state index contributed by atoms with van der Waals surface area (Å²) >= 11 is 0. The van der Waals surface area contributed by atoms with E-state index in [4.69, 9.17) is 5.73 Å². The van der Waals surface area contributed by atoms with Crippen molar-refractivity contribution in [1.29, 1.82) is 0 Å². The van der Waals surface area contributed by atoms with Crippen molar-refractivity contribution < 1.29 is 9.00 Å². The molecule has 1 aliphatic carbocycles. The van der Waals surface area contributed by atoms with Gasteiger partial charge in [-0.15, -0.1) is 0 Å². The fourth-order valence-electron chi connectivity index (χ4n) is 2.46. The van der Waals surface area contributed by atoms with Crippen molar-refractivity contribution in [3.8, 4) is 0 Å². The van der Waals surface area contributed by atoms with Gasteiger partial charge in [0.15, 0.2) is 0 Å². The van der Waals surface area contributed by atoms with E-state index in [0.717, 1.165) is 18.4 Å². The molecule has 1 amide bonds. The highest BCUT2D eigenvalue weighted by atomic mass is 32.2. The molecule has 0 bridgehead atoms. The van der Waals surface area contributed by atoms with Gasteiger partial charge in [-0.05, 0) is 50.5 Å². The number of benzene rings is 1. The van der Waals surface area contributed by atoms with E-state index in [1.165, 1.54) is 12.8 Å². The third kappa shape index (κ3) is 3.39. The molecule has 4 nitrogen and oxygen atoms in total. The zero-order chi connectivity index (χ0) is 14.7. The molecule has 110 valence electrons. The van der Waals surface area contributed by atoms with Gasteiger partial charge in [0.05, 0.1) is 10.8 Å². The standard InChI is InChI=1S/C15H22N2O2S/c1-10-9-13(7-8-14(10)16)20(19)11(2)15(18)17-12-5-3-4-6-12/h7-9,11-12H,3-6,16H2,1-2H3,(H,17,18). The van der Waals surface area contributed by atoms with Crippen LogP contribution in [0.5, 0.6) is 0 Å². The summed E-state index contributed by atoms with van der Waals surface area (Å²) in [6.45, 7) is 3.59. The van der Waals surface area contributed by atoms with Gasteiger partial charge in [-0.1, -0.05) is 12.8 Å². The van der Waals surface area contributed by atoms with Crippen LogP contribution in [0.25, 0.3) is 0 Å². The van der Waals surface area contributed by atoms with Gasteiger partial charge < -0.3 is 11.1 Å². The van der Waals surface area contributed by atoms with Crippen LogP contribution in [0.15, 0.2) is 23.1 Å². The van der Waals surface area contributed by atoms with Gasteiger partial charge in [0.2, 0.25) is 5.91 Å². The van der Waals surface area contributed by atoms with Crippen LogP contribution >= 0.6 is 0 Å². The van der Waals surface area contributed by atoms with Crippen LogP contribution in [-0.4, -0.2) is 21.4 Å². The van der Waals surface area contributed by atoms with Gasteiger partial charge in [0.1, 0.15) is 5.25 Å². The Balaban J connectivity index is 2.03. The molecule has 20 heavy (non-hydrogen) atoms. The van der Waals surface area contributed by atoms with Crippen LogP contribution < -0.4 is 11.1 Å². The number of nitrogens with one attached hydrogen (secondary N) is 1. The van der Waals surface area contributed by atoms with Crippen molar-refractivity contribution in [3.05, 3.63) is 23.8 Å². The summed E-state index contributed by atoms with van der Waals surface area (Å²) in [4.78, 5) is 12.8. The zero-order valence-corrected chi connectivity index (χ0v) is 12.8. The maximum absolute atomic E-state index is 12.4. The Hall–Kier alpha value is -1.36. The van der Waals surface area contributed by atoms with Gasteiger partial charge in [-0.3, -0.25) is 9.00 Å². The minimum absolute atomic E-state index is 0.121. The number of amides is 1. The molecule has 2 atom stereocenters. The number of nitrogens with two attached hydrogens (primary N) is 1. The first kappa shape index (κ1) is 15.0. The van der Waals surface area contributed by atoms with Gasteiger partial charge in [0, 0.05) is 16.6 Å². The Morgan fingerprint density at radius 2 is 2.05 bits per heavy atom. The lowest BCUT2D eigenvalue weighted by Crippen LogP contribution is -2.40. The number of aryl methyl sites for hydroxylation is 1. The molecule has 1 saturated carbocycles. The van der Waals surface area contributed by atoms with Crippen molar-refractivity contribution in [2.24, 2.45) is 0 Å². The third-order valence-electron chi connectivity index (χ3n) is 3.87. The van der Waals surface area contributed by atoms with E-state index in [1.807, 2.05) is 6.92 Å². The van der Waals surface area contributed by atoms with Gasteiger partial charge in [-0.25, -0.2) is 0 Å². The predicted octanol–water partition coefficient (Wildman–Crippen LogP) is 2.13. The molecule has 2 rings (SSSR count). The van der Waals surface area contributed by atoms with E-state index in [2.05, 4.69) is 5.32 Å². The highest BCUT2D eigenvalue weighted by Gasteiger charge is 2.25. The molecule has 3 N–H and O–H groups in total. The first-order valence-electron chi connectivity index (χ1n) is 7.06. The average Bonchev–Trinajstić information content (AvgIpc) is 2.93. The second-order valence-corrected chi connectivity index (χ2v) is 7.22. The van der Waals surface area contributed by atoms with Crippen molar-refractivity contribution >= 4 is 22.4 Å². The van der Waals surface area contributed by atoms with Crippen LogP contribution in [0, 0.1) is 6.92 Å². The van der Waals surface area contributed by atoms with E-state index in [0.29, 0.717) is 10.6 Å². The number of hydrogen-bond acceptors (Lipinski definition) is 3. The van der Waals surface area contributed by atoms with Crippen molar-refractivity contribution in [2.45, 2.75) is 55.7 Å². The highest BCUT2D eigenvalue weighted by Crippen LogP contribution is 2.20. The van der Waals surface area contributed by atoms with E-state index < -0.39 is 16.0 Å². The second-order valence-electron chi connectivity index (χ2n) is 5.45. The Morgan fingerprint density at radius 3 is 2.65 bits per heavy atom. The molecule has 0 saturated heterocycles. The average molecular weight is 294 g/mol. The number of anilines is 1. The van der Waals surface area contributed by atoms with E-state index in [-0.39, 0.29) is 11.9 Å². The van der Waals surface area contributed by atoms with E-state index >= 15 is 0 Å². The number of hydrogen-bond donors (Lipinski definition) is 2. The molecule has 5 heteroatoms. The maximum atomic E-state index is 12.4. The Labute approximate surface area is 122 Å². The molecular formula is C15H22N2O2S. The fraction of sp³-hybridized carbons (Fsp3) is 0.533. The molecule has 0 aromatic heterocycles. The van der Waals surface area contributed by atoms with Crippen LogP contribution in [0.3, 0.4) is 0 Å². The summed E-state index contributed by atoms with van der Waals surface area (Å²) in [6.07, 6.45) is 4.40. The Kier molecular flexibility index (Phi) is 4.81. The summed E-state index contributed by atoms with van der Waals surface area (Å²) in [7, 11) is -1.34. The normalized spacial score (nSPS) is 18.7. The smallest absolute Gasteiger partial charge is 0.236 e. The lowest BCUT2D eigenvalue weighted by atomic mass is 10.2. The third-order valence-corrected chi connectivity index (χ3v) is 5.44. The largest absolute Gasteiger partial charge is 0.399 e. The lowest BCUT2D eigenvalue weighted by molar-refractivity contribution is -0.121.